The lowest BCUT2D eigenvalue weighted by molar-refractivity contribution is 0.620. The molecule has 0 fully saturated rings. The van der Waals surface area contributed by atoms with Crippen LogP contribution in [-0.4, -0.2) is 0 Å². The summed E-state index contributed by atoms with van der Waals surface area (Å²) in [5, 5.41) is 0. The SMILES string of the molecule is C/C=C/CCc1ccc(-c2ccc(C=Cc3ccc(C[C@@H](C)c4ccccc4)cc3F)cc2)cc1. The first-order valence-electron chi connectivity index (χ1n) is 12.4. The molecule has 0 radical (unpaired) electrons. The van der Waals surface area contributed by atoms with E-state index in [1.54, 1.807) is 6.07 Å². The van der Waals surface area contributed by atoms with E-state index in [-0.39, 0.29) is 5.82 Å². The molecule has 0 aliphatic heterocycles. The number of hydrogen-bond donors (Lipinski definition) is 0. The molecule has 35 heavy (non-hydrogen) atoms. The van der Waals surface area contributed by atoms with Crippen molar-refractivity contribution in [2.45, 2.75) is 39.0 Å². The van der Waals surface area contributed by atoms with E-state index in [2.05, 4.69) is 98.8 Å². The zero-order chi connectivity index (χ0) is 24.5. The fourth-order valence-corrected chi connectivity index (χ4v) is 4.34. The van der Waals surface area contributed by atoms with Crippen LogP contribution in [0.4, 0.5) is 4.39 Å². The summed E-state index contributed by atoms with van der Waals surface area (Å²) in [4.78, 5) is 0. The molecule has 0 N–H and O–H groups in total. The highest BCUT2D eigenvalue weighted by molar-refractivity contribution is 5.72. The summed E-state index contributed by atoms with van der Waals surface area (Å²) >= 11 is 0. The van der Waals surface area contributed by atoms with Crippen molar-refractivity contribution in [3.05, 3.63) is 143 Å². The fraction of sp³-hybridized carbons (Fsp3) is 0.176. The van der Waals surface area contributed by atoms with Crippen molar-refractivity contribution in [1.29, 1.82) is 0 Å². The van der Waals surface area contributed by atoms with Gasteiger partial charge in [-0.05, 0) is 71.6 Å². The van der Waals surface area contributed by atoms with Crippen LogP contribution in [0.1, 0.15) is 54.0 Å². The van der Waals surface area contributed by atoms with Gasteiger partial charge in [0.05, 0.1) is 0 Å². The second kappa shape index (κ2) is 12.1. The summed E-state index contributed by atoms with van der Waals surface area (Å²) in [6.07, 6.45) is 11.1. The highest BCUT2D eigenvalue weighted by Crippen LogP contribution is 2.24. The van der Waals surface area contributed by atoms with Gasteiger partial charge in [-0.15, -0.1) is 0 Å². The molecule has 0 aromatic heterocycles. The number of aryl methyl sites for hydroxylation is 1. The second-order valence-corrected chi connectivity index (χ2v) is 9.13. The number of allylic oxidation sites excluding steroid dienone is 2. The molecule has 4 aromatic rings. The maximum absolute atomic E-state index is 14.8. The van der Waals surface area contributed by atoms with E-state index in [9.17, 15) is 4.39 Å². The van der Waals surface area contributed by atoms with Gasteiger partial charge in [0.15, 0.2) is 0 Å². The van der Waals surface area contributed by atoms with E-state index >= 15 is 0 Å². The minimum absolute atomic E-state index is 0.176. The maximum atomic E-state index is 14.8. The Labute approximate surface area is 209 Å². The Morgan fingerprint density at radius 2 is 1.40 bits per heavy atom. The molecule has 1 atom stereocenters. The molecule has 0 nitrogen and oxygen atoms in total. The van der Waals surface area contributed by atoms with Crippen LogP contribution in [0, 0.1) is 5.82 Å². The van der Waals surface area contributed by atoms with Crippen LogP contribution in [0.2, 0.25) is 0 Å². The molecule has 0 heterocycles. The molecule has 0 amide bonds. The predicted molar refractivity (Wildman–Crippen MR) is 149 cm³/mol. The molecular weight excluding hydrogens is 427 g/mol. The van der Waals surface area contributed by atoms with Crippen molar-refractivity contribution in [3.63, 3.8) is 0 Å². The summed E-state index contributed by atoms with van der Waals surface area (Å²) < 4.78 is 14.8. The van der Waals surface area contributed by atoms with Crippen LogP contribution in [0.5, 0.6) is 0 Å². The molecule has 0 aliphatic carbocycles. The summed E-state index contributed by atoms with van der Waals surface area (Å²) in [6, 6.07) is 33.2. The predicted octanol–water partition coefficient (Wildman–Crippen LogP) is 9.52. The minimum Gasteiger partial charge on any atom is -0.206 e. The van der Waals surface area contributed by atoms with Gasteiger partial charge in [-0.3, -0.25) is 0 Å². The van der Waals surface area contributed by atoms with Crippen LogP contribution in [0.15, 0.2) is 109 Å². The topological polar surface area (TPSA) is 0 Å². The largest absolute Gasteiger partial charge is 0.206 e. The Balaban J connectivity index is 1.38. The molecule has 1 heteroatoms. The average molecular weight is 461 g/mol. The quantitative estimate of drug-likeness (QED) is 0.172. The Morgan fingerprint density at radius 3 is 2.06 bits per heavy atom. The molecule has 4 aromatic carbocycles. The Bertz CT molecular complexity index is 1260. The summed E-state index contributed by atoms with van der Waals surface area (Å²) in [6.45, 7) is 4.24. The van der Waals surface area contributed by atoms with E-state index < -0.39 is 0 Å². The fourth-order valence-electron chi connectivity index (χ4n) is 4.34. The van der Waals surface area contributed by atoms with E-state index in [0.717, 1.165) is 30.4 Å². The zero-order valence-electron chi connectivity index (χ0n) is 20.6. The van der Waals surface area contributed by atoms with Gasteiger partial charge in [-0.1, -0.05) is 122 Å². The van der Waals surface area contributed by atoms with Gasteiger partial charge in [-0.25, -0.2) is 4.39 Å². The lowest BCUT2D eigenvalue weighted by Gasteiger charge is -2.12. The number of rotatable bonds is 9. The molecule has 0 bridgehead atoms. The van der Waals surface area contributed by atoms with Crippen LogP contribution in [0.3, 0.4) is 0 Å². The normalized spacial score (nSPS) is 12.4. The lowest BCUT2D eigenvalue weighted by atomic mass is 9.93. The zero-order valence-corrected chi connectivity index (χ0v) is 20.6. The number of benzene rings is 4. The second-order valence-electron chi connectivity index (χ2n) is 9.13. The van der Waals surface area contributed by atoms with Crippen molar-refractivity contribution in [2.75, 3.05) is 0 Å². The van der Waals surface area contributed by atoms with Crippen LogP contribution < -0.4 is 0 Å². The molecule has 0 unspecified atom stereocenters. The first kappa shape index (κ1) is 24.4. The van der Waals surface area contributed by atoms with Gasteiger partial charge in [0.25, 0.3) is 0 Å². The van der Waals surface area contributed by atoms with Crippen molar-refractivity contribution in [3.8, 4) is 11.1 Å². The average Bonchev–Trinajstić information content (AvgIpc) is 2.90. The summed E-state index contributed by atoms with van der Waals surface area (Å²) in [5.41, 5.74) is 7.71. The van der Waals surface area contributed by atoms with Crippen molar-refractivity contribution in [1.82, 2.24) is 0 Å². The summed E-state index contributed by atoms with van der Waals surface area (Å²) in [5.74, 6) is 0.176. The third kappa shape index (κ3) is 6.90. The molecular formula is C34H33F. The highest BCUT2D eigenvalue weighted by Gasteiger charge is 2.08. The van der Waals surface area contributed by atoms with Gasteiger partial charge < -0.3 is 0 Å². The third-order valence-corrected chi connectivity index (χ3v) is 6.46. The first-order valence-corrected chi connectivity index (χ1v) is 12.4. The number of hydrogen-bond acceptors (Lipinski definition) is 0. The van der Waals surface area contributed by atoms with Crippen LogP contribution >= 0.6 is 0 Å². The van der Waals surface area contributed by atoms with E-state index in [4.69, 9.17) is 0 Å². The van der Waals surface area contributed by atoms with Gasteiger partial charge in [0.1, 0.15) is 5.82 Å². The molecule has 0 saturated carbocycles. The van der Waals surface area contributed by atoms with E-state index in [1.165, 1.54) is 22.3 Å². The lowest BCUT2D eigenvalue weighted by Crippen LogP contribution is -1.99. The molecule has 0 aliphatic rings. The third-order valence-electron chi connectivity index (χ3n) is 6.46. The van der Waals surface area contributed by atoms with Gasteiger partial charge in [0, 0.05) is 5.56 Å². The minimum atomic E-state index is -0.176. The highest BCUT2D eigenvalue weighted by atomic mass is 19.1. The Kier molecular flexibility index (Phi) is 8.46. The monoisotopic (exact) mass is 460 g/mol. The van der Waals surface area contributed by atoms with E-state index in [0.29, 0.717) is 11.5 Å². The van der Waals surface area contributed by atoms with Gasteiger partial charge in [-0.2, -0.15) is 0 Å². The molecule has 0 spiro atoms. The maximum Gasteiger partial charge on any atom is 0.130 e. The van der Waals surface area contributed by atoms with Crippen LogP contribution in [-0.2, 0) is 12.8 Å². The summed E-state index contributed by atoms with van der Waals surface area (Å²) in [7, 11) is 0. The van der Waals surface area contributed by atoms with Crippen molar-refractivity contribution in [2.24, 2.45) is 0 Å². The van der Waals surface area contributed by atoms with Crippen molar-refractivity contribution < 1.29 is 4.39 Å². The smallest absolute Gasteiger partial charge is 0.130 e. The van der Waals surface area contributed by atoms with Crippen LogP contribution in [0.25, 0.3) is 23.3 Å². The standard InChI is InChI=1S/C34H33F/c1-3-4-6-9-27-12-18-31(19-13-27)32-20-14-28(15-21-32)16-22-33-23-17-29(25-34(33)35)24-26(2)30-10-7-5-8-11-30/h3-5,7-8,10-23,25-26H,6,9,24H2,1-2H3/b4-3+,22-16?/t26-/m1/s1. The molecule has 176 valence electrons. The van der Waals surface area contributed by atoms with Gasteiger partial charge >= 0.3 is 0 Å². The molecule has 4 rings (SSSR count). The number of halogens is 1. The molecule has 0 saturated heterocycles. The Hall–Kier alpha value is -3.71. The van der Waals surface area contributed by atoms with Crippen molar-refractivity contribution >= 4 is 12.2 Å². The van der Waals surface area contributed by atoms with E-state index in [1.807, 2.05) is 30.4 Å². The Morgan fingerprint density at radius 1 is 0.743 bits per heavy atom. The van der Waals surface area contributed by atoms with Gasteiger partial charge in [0.2, 0.25) is 0 Å². The first-order chi connectivity index (χ1) is 17.1.